The number of carbonyl (C=O) groups excluding carboxylic acids is 1. The van der Waals surface area contributed by atoms with Gasteiger partial charge in [-0.2, -0.15) is 0 Å². The second kappa shape index (κ2) is 5.02. The van der Waals surface area contributed by atoms with Crippen LogP contribution < -0.4 is 11.1 Å². The summed E-state index contributed by atoms with van der Waals surface area (Å²) in [4.78, 5) is 11.8. The minimum Gasteiger partial charge on any atom is -0.398 e. The average molecular weight is 303 g/mol. The highest BCUT2D eigenvalue weighted by molar-refractivity contribution is 7.92. The third kappa shape index (κ3) is 3.01. The van der Waals surface area contributed by atoms with Crippen LogP contribution in [-0.4, -0.2) is 25.6 Å². The van der Waals surface area contributed by atoms with E-state index >= 15 is 0 Å². The van der Waals surface area contributed by atoms with Crippen molar-refractivity contribution in [3.05, 3.63) is 23.2 Å². The molecular weight excluding hydrogens is 288 g/mol. The number of nitrogens with one attached hydrogen (secondary N) is 1. The fourth-order valence-corrected chi connectivity index (χ4v) is 3.12. The Morgan fingerprint density at radius 1 is 1.47 bits per heavy atom. The van der Waals surface area contributed by atoms with E-state index in [1.807, 2.05) is 0 Å². The van der Waals surface area contributed by atoms with Gasteiger partial charge < -0.3 is 11.1 Å². The van der Waals surface area contributed by atoms with Gasteiger partial charge in [-0.1, -0.05) is 11.6 Å². The summed E-state index contributed by atoms with van der Waals surface area (Å²) in [6.07, 6.45) is 1.82. The van der Waals surface area contributed by atoms with E-state index < -0.39 is 21.0 Å². The molecule has 1 aliphatic rings. The quantitative estimate of drug-likeness (QED) is 0.822. The minimum absolute atomic E-state index is 0.00477. The van der Waals surface area contributed by atoms with Gasteiger partial charge in [0.2, 0.25) is 5.91 Å². The van der Waals surface area contributed by atoms with Gasteiger partial charge in [0.25, 0.3) is 0 Å². The van der Waals surface area contributed by atoms with Crippen molar-refractivity contribution in [2.75, 3.05) is 5.73 Å². The van der Waals surface area contributed by atoms with E-state index in [0.717, 1.165) is 12.8 Å². The van der Waals surface area contributed by atoms with Gasteiger partial charge in [0.05, 0.1) is 15.6 Å². The van der Waals surface area contributed by atoms with E-state index in [1.165, 1.54) is 25.1 Å². The van der Waals surface area contributed by atoms with E-state index in [0.29, 0.717) is 5.69 Å². The highest BCUT2D eigenvalue weighted by atomic mass is 35.5. The molecule has 5 nitrogen and oxygen atoms in total. The van der Waals surface area contributed by atoms with Gasteiger partial charge in [-0.15, -0.1) is 0 Å². The van der Waals surface area contributed by atoms with Crippen molar-refractivity contribution in [1.29, 1.82) is 0 Å². The molecule has 0 heterocycles. The molecule has 2 rings (SSSR count). The Morgan fingerprint density at radius 2 is 2.11 bits per heavy atom. The summed E-state index contributed by atoms with van der Waals surface area (Å²) in [5.41, 5.74) is 5.84. The monoisotopic (exact) mass is 302 g/mol. The molecule has 0 spiro atoms. The van der Waals surface area contributed by atoms with Crippen molar-refractivity contribution >= 4 is 33.0 Å². The summed E-state index contributed by atoms with van der Waals surface area (Å²) in [7, 11) is -3.75. The molecule has 1 aliphatic carbocycles. The Hall–Kier alpha value is -1.27. The molecule has 0 aliphatic heterocycles. The zero-order valence-electron chi connectivity index (χ0n) is 10.4. The standard InChI is InChI=1S/C12H15ClN2O3S/c1-7(12(16)15-8-2-3-8)19(17,18)9-4-5-11(14)10(13)6-9/h4-8H,2-3,14H2,1H3,(H,15,16). The molecule has 1 aromatic rings. The first-order valence-corrected chi connectivity index (χ1v) is 7.84. The molecule has 3 N–H and O–H groups in total. The maximum Gasteiger partial charge on any atom is 0.238 e. The molecule has 1 unspecified atom stereocenters. The van der Waals surface area contributed by atoms with Gasteiger partial charge in [0.15, 0.2) is 9.84 Å². The maximum atomic E-state index is 12.3. The molecule has 0 saturated heterocycles. The third-order valence-electron chi connectivity index (χ3n) is 3.06. The van der Waals surface area contributed by atoms with Gasteiger partial charge in [0.1, 0.15) is 5.25 Å². The first kappa shape index (κ1) is 14.1. The van der Waals surface area contributed by atoms with Crippen LogP contribution in [0.15, 0.2) is 23.1 Å². The number of benzene rings is 1. The van der Waals surface area contributed by atoms with Crippen molar-refractivity contribution in [3.63, 3.8) is 0 Å². The highest BCUT2D eigenvalue weighted by Crippen LogP contribution is 2.25. The Kier molecular flexibility index (Phi) is 3.73. The number of amides is 1. The molecule has 0 aromatic heterocycles. The van der Waals surface area contributed by atoms with Crippen LogP contribution in [0.1, 0.15) is 19.8 Å². The first-order valence-electron chi connectivity index (χ1n) is 5.91. The molecule has 1 aromatic carbocycles. The van der Waals surface area contributed by atoms with Gasteiger partial charge in [0, 0.05) is 6.04 Å². The molecule has 1 atom stereocenters. The molecule has 1 amide bonds. The van der Waals surface area contributed by atoms with E-state index in [2.05, 4.69) is 5.32 Å². The number of halogens is 1. The number of sulfone groups is 1. The summed E-state index contributed by atoms with van der Waals surface area (Å²) in [6, 6.07) is 4.17. The van der Waals surface area contributed by atoms with Crippen LogP contribution in [-0.2, 0) is 14.6 Å². The summed E-state index contributed by atoms with van der Waals surface area (Å²) in [6.45, 7) is 1.37. The molecule has 1 fully saturated rings. The van der Waals surface area contributed by atoms with E-state index in [1.54, 1.807) is 0 Å². The third-order valence-corrected chi connectivity index (χ3v) is 5.44. The van der Waals surface area contributed by atoms with Gasteiger partial charge in [-0.05, 0) is 38.0 Å². The molecule has 104 valence electrons. The van der Waals surface area contributed by atoms with E-state index in [-0.39, 0.29) is 16.0 Å². The van der Waals surface area contributed by atoms with Crippen molar-refractivity contribution < 1.29 is 13.2 Å². The zero-order valence-corrected chi connectivity index (χ0v) is 12.0. The second-order valence-electron chi connectivity index (χ2n) is 4.65. The Morgan fingerprint density at radius 3 is 2.63 bits per heavy atom. The Balaban J connectivity index is 2.24. The predicted molar refractivity (Wildman–Crippen MR) is 73.7 cm³/mol. The number of rotatable bonds is 4. The highest BCUT2D eigenvalue weighted by Gasteiger charge is 2.33. The lowest BCUT2D eigenvalue weighted by atomic mass is 10.3. The van der Waals surface area contributed by atoms with Crippen LogP contribution in [0.5, 0.6) is 0 Å². The van der Waals surface area contributed by atoms with Crippen molar-refractivity contribution in [2.45, 2.75) is 36.0 Å². The Bertz CT molecular complexity index is 611. The predicted octanol–water partition coefficient (Wildman–Crippen LogP) is 1.36. The fraction of sp³-hybridized carbons (Fsp3) is 0.417. The van der Waals surface area contributed by atoms with Crippen molar-refractivity contribution in [3.8, 4) is 0 Å². The molecular formula is C12H15ClN2O3S. The number of carbonyl (C=O) groups is 1. The van der Waals surface area contributed by atoms with Crippen LogP contribution in [0.25, 0.3) is 0 Å². The number of nitrogen functional groups attached to an aromatic ring is 1. The second-order valence-corrected chi connectivity index (χ2v) is 7.33. The first-order chi connectivity index (χ1) is 8.82. The molecule has 0 bridgehead atoms. The van der Waals surface area contributed by atoms with Crippen LogP contribution >= 0.6 is 11.6 Å². The lowest BCUT2D eigenvalue weighted by Gasteiger charge is -2.13. The molecule has 1 saturated carbocycles. The zero-order chi connectivity index (χ0) is 14.2. The number of hydrogen-bond donors (Lipinski definition) is 2. The van der Waals surface area contributed by atoms with Crippen LogP contribution in [0.3, 0.4) is 0 Å². The number of hydrogen-bond acceptors (Lipinski definition) is 4. The lowest BCUT2D eigenvalue weighted by molar-refractivity contribution is -0.120. The van der Waals surface area contributed by atoms with Crippen molar-refractivity contribution in [2.24, 2.45) is 0 Å². The van der Waals surface area contributed by atoms with Crippen LogP contribution in [0.2, 0.25) is 5.02 Å². The summed E-state index contributed by atoms with van der Waals surface area (Å²) in [5, 5.41) is 1.70. The van der Waals surface area contributed by atoms with Gasteiger partial charge in [-0.25, -0.2) is 8.42 Å². The largest absolute Gasteiger partial charge is 0.398 e. The maximum absolute atomic E-state index is 12.3. The molecule has 0 radical (unpaired) electrons. The van der Waals surface area contributed by atoms with E-state index in [9.17, 15) is 13.2 Å². The smallest absolute Gasteiger partial charge is 0.238 e. The fourth-order valence-electron chi connectivity index (χ4n) is 1.58. The summed E-state index contributed by atoms with van der Waals surface area (Å²) in [5.74, 6) is -0.476. The molecule has 19 heavy (non-hydrogen) atoms. The normalized spacial score (nSPS) is 16.9. The van der Waals surface area contributed by atoms with Crippen LogP contribution in [0, 0.1) is 0 Å². The van der Waals surface area contributed by atoms with E-state index in [4.69, 9.17) is 17.3 Å². The Labute approximate surface area is 117 Å². The summed E-state index contributed by atoms with van der Waals surface area (Å²) >= 11 is 5.81. The number of nitrogens with two attached hydrogens (primary N) is 1. The van der Waals surface area contributed by atoms with Gasteiger partial charge >= 0.3 is 0 Å². The molecule has 7 heteroatoms. The van der Waals surface area contributed by atoms with Crippen LogP contribution in [0.4, 0.5) is 5.69 Å². The topological polar surface area (TPSA) is 89.3 Å². The van der Waals surface area contributed by atoms with Gasteiger partial charge in [-0.3, -0.25) is 4.79 Å². The number of anilines is 1. The lowest BCUT2D eigenvalue weighted by Crippen LogP contribution is -2.39. The SMILES string of the molecule is CC(C(=O)NC1CC1)S(=O)(=O)c1ccc(N)c(Cl)c1. The minimum atomic E-state index is -3.75. The average Bonchev–Trinajstić information content (AvgIpc) is 3.15. The van der Waals surface area contributed by atoms with Crippen molar-refractivity contribution in [1.82, 2.24) is 5.32 Å². The summed E-state index contributed by atoms with van der Waals surface area (Å²) < 4.78 is 24.6.